The summed E-state index contributed by atoms with van der Waals surface area (Å²) in [6.07, 6.45) is 6.44. The number of carbonyl (C=O) groups excluding carboxylic acids is 3. The molecule has 240 valence electrons. The minimum atomic E-state index is -2.74. The highest BCUT2D eigenvalue weighted by Gasteiger charge is 2.66. The number of aryl methyl sites for hydroxylation is 3. The van der Waals surface area contributed by atoms with Gasteiger partial charge in [0.05, 0.1) is 5.52 Å². The van der Waals surface area contributed by atoms with Gasteiger partial charge < -0.3 is 10.2 Å². The molecule has 0 bridgehead atoms. The van der Waals surface area contributed by atoms with Gasteiger partial charge in [0.2, 0.25) is 11.8 Å². The van der Waals surface area contributed by atoms with E-state index in [1.54, 1.807) is 28.0 Å². The number of nitrogens with zero attached hydrogens (tertiary/aromatic N) is 6. The molecule has 2 unspecified atom stereocenters. The Hall–Kier alpha value is -4.04. The molecule has 0 spiro atoms. The van der Waals surface area contributed by atoms with Crippen LogP contribution in [0.4, 0.5) is 5.82 Å². The van der Waals surface area contributed by atoms with Crippen molar-refractivity contribution in [1.82, 2.24) is 29.6 Å². The van der Waals surface area contributed by atoms with Crippen molar-refractivity contribution in [3.05, 3.63) is 63.9 Å². The van der Waals surface area contributed by atoms with Gasteiger partial charge in [-0.15, -0.1) is 0 Å². The zero-order chi connectivity index (χ0) is 33.1. The van der Waals surface area contributed by atoms with Gasteiger partial charge in [0, 0.05) is 58.0 Å². The Morgan fingerprint density at radius 1 is 1.09 bits per heavy atom. The maximum Gasteiger partial charge on any atom is 0.248 e. The van der Waals surface area contributed by atoms with Crippen molar-refractivity contribution in [2.24, 2.45) is 5.41 Å². The average molecular weight is 708 g/mol. The number of hydrogen-bond acceptors (Lipinski definition) is 9. The van der Waals surface area contributed by atoms with Gasteiger partial charge >= 0.3 is 0 Å². The zero-order valence-corrected chi connectivity index (χ0v) is 28.7. The Morgan fingerprint density at radius 2 is 1.80 bits per heavy atom. The van der Waals surface area contributed by atoms with Crippen LogP contribution in [0, 0.1) is 31.0 Å². The SMILES string of the molecule is CC(=O)c1nn(CC(=O)N2C3C[C@]3(CCS(C)(=N)=O)C[C@H]2C(=O)Nc2nc(Br)ccc2C)c2c(C)cc(-c3cnc(C)nc3)cc12. The normalized spacial score (nSPS) is 21.6. The number of ketones is 1. The first kappa shape index (κ1) is 31.9. The summed E-state index contributed by atoms with van der Waals surface area (Å²) in [5.74, 6) is 0.360. The van der Waals surface area contributed by atoms with Crippen LogP contribution in [-0.4, -0.2) is 75.5 Å². The lowest BCUT2D eigenvalue weighted by atomic mass is 9.96. The second-order valence-corrected chi connectivity index (χ2v) is 15.9. The van der Waals surface area contributed by atoms with Crippen molar-refractivity contribution in [3.8, 4) is 11.1 Å². The number of piperidine rings is 1. The van der Waals surface area contributed by atoms with E-state index in [2.05, 4.69) is 41.3 Å². The van der Waals surface area contributed by atoms with E-state index in [0.29, 0.717) is 46.4 Å². The predicted octanol–water partition coefficient (Wildman–Crippen LogP) is 4.84. The Kier molecular flexibility index (Phi) is 8.08. The van der Waals surface area contributed by atoms with Gasteiger partial charge in [-0.1, -0.05) is 6.07 Å². The fraction of sp³-hybridized carbons (Fsp3) is 0.406. The molecule has 6 rings (SSSR count). The minimum Gasteiger partial charge on any atom is -0.325 e. The number of benzene rings is 1. The van der Waals surface area contributed by atoms with Crippen LogP contribution in [0.25, 0.3) is 22.0 Å². The van der Waals surface area contributed by atoms with E-state index in [9.17, 15) is 18.6 Å². The van der Waals surface area contributed by atoms with Crippen LogP contribution < -0.4 is 5.32 Å². The van der Waals surface area contributed by atoms with Gasteiger partial charge in [0.25, 0.3) is 0 Å². The van der Waals surface area contributed by atoms with Crippen molar-refractivity contribution in [3.63, 3.8) is 0 Å². The molecule has 3 aromatic heterocycles. The third-order valence-electron chi connectivity index (χ3n) is 9.07. The molecule has 2 aliphatic rings. The molecule has 46 heavy (non-hydrogen) atoms. The van der Waals surface area contributed by atoms with Crippen LogP contribution >= 0.6 is 15.9 Å². The topological polar surface area (TPSA) is 164 Å². The maximum absolute atomic E-state index is 14.2. The van der Waals surface area contributed by atoms with Gasteiger partial charge in [0.15, 0.2) is 5.78 Å². The highest BCUT2D eigenvalue weighted by atomic mass is 79.9. The van der Waals surface area contributed by atoms with E-state index in [-0.39, 0.29) is 47.0 Å². The third-order valence-corrected chi connectivity index (χ3v) is 10.5. The molecule has 1 saturated carbocycles. The molecule has 2 amide bonds. The van der Waals surface area contributed by atoms with Crippen LogP contribution in [-0.2, 0) is 25.9 Å². The number of carbonyl (C=O) groups is 3. The van der Waals surface area contributed by atoms with Gasteiger partial charge in [-0.2, -0.15) is 5.10 Å². The standard InChI is InChI=1S/C32H35BrN8O4S/c1-17-6-7-26(33)37-30(17)38-31(44)24-12-32(8-9-46(5,34)45)13-25(32)41(24)27(43)16-40-29-18(2)10-21(22-14-35-20(4)36-15-22)11-23(29)28(39-40)19(3)42/h6-7,10-11,14-15,24-25,34H,8-9,12-13,16H2,1-5H3,(H,37,38,44)/t24-,25?,32-,46?/m0/s1. The monoisotopic (exact) mass is 706 g/mol. The fourth-order valence-electron chi connectivity index (χ4n) is 6.63. The quantitative estimate of drug-likeness (QED) is 0.184. The number of Topliss-reactive ketones (excluding diaryl/α,β-unsaturated/α-hetero) is 1. The molecular weight excluding hydrogens is 672 g/mol. The summed E-state index contributed by atoms with van der Waals surface area (Å²) in [4.78, 5) is 55.4. The number of aromatic nitrogens is 5. The zero-order valence-electron chi connectivity index (χ0n) is 26.3. The van der Waals surface area contributed by atoms with Gasteiger partial charge in [-0.3, -0.25) is 28.1 Å². The van der Waals surface area contributed by atoms with Crippen molar-refractivity contribution in [1.29, 1.82) is 4.78 Å². The van der Waals surface area contributed by atoms with Crippen molar-refractivity contribution in [2.75, 3.05) is 17.3 Å². The number of fused-ring (bicyclic) bond motifs is 2. The Bertz CT molecular complexity index is 2030. The number of amides is 2. The van der Waals surface area contributed by atoms with Crippen LogP contribution in [0.5, 0.6) is 0 Å². The molecule has 1 aromatic carbocycles. The third kappa shape index (κ3) is 6.07. The second-order valence-electron chi connectivity index (χ2n) is 12.6. The van der Waals surface area contributed by atoms with Gasteiger partial charge in [-0.25, -0.2) is 15.0 Å². The molecule has 1 aliphatic carbocycles. The molecule has 14 heteroatoms. The molecular formula is C32H35BrN8O4S. The molecule has 4 aromatic rings. The number of pyridine rings is 1. The van der Waals surface area contributed by atoms with Crippen LogP contribution in [0.1, 0.15) is 53.6 Å². The predicted molar refractivity (Wildman–Crippen MR) is 178 cm³/mol. The largest absolute Gasteiger partial charge is 0.325 e. The Labute approximate surface area is 275 Å². The maximum atomic E-state index is 14.2. The van der Waals surface area contributed by atoms with Crippen LogP contribution in [0.15, 0.2) is 41.3 Å². The van der Waals surface area contributed by atoms with Gasteiger partial charge in [-0.05, 0) is 96.3 Å². The lowest BCUT2D eigenvalue weighted by Crippen LogP contribution is -2.47. The van der Waals surface area contributed by atoms with E-state index in [1.807, 2.05) is 39.0 Å². The molecule has 4 atom stereocenters. The second kappa shape index (κ2) is 11.6. The van der Waals surface area contributed by atoms with Crippen LogP contribution in [0.3, 0.4) is 0 Å². The fourth-order valence-corrected chi connectivity index (χ4v) is 7.73. The summed E-state index contributed by atoms with van der Waals surface area (Å²) >= 11 is 3.35. The first-order chi connectivity index (χ1) is 21.7. The molecule has 0 radical (unpaired) electrons. The van der Waals surface area contributed by atoms with Gasteiger partial charge in [0.1, 0.15) is 34.5 Å². The first-order valence-electron chi connectivity index (χ1n) is 14.9. The highest BCUT2D eigenvalue weighted by Crippen LogP contribution is 2.62. The summed E-state index contributed by atoms with van der Waals surface area (Å²) in [7, 11) is -2.74. The minimum absolute atomic E-state index is 0.175. The van der Waals surface area contributed by atoms with E-state index < -0.39 is 15.8 Å². The van der Waals surface area contributed by atoms with Crippen molar-refractivity contribution in [2.45, 2.75) is 65.6 Å². The summed E-state index contributed by atoms with van der Waals surface area (Å²) in [6.45, 7) is 6.82. The van der Waals surface area contributed by atoms with E-state index >= 15 is 0 Å². The first-order valence-corrected chi connectivity index (χ1v) is 17.9. The number of anilines is 1. The molecule has 1 aliphatic heterocycles. The lowest BCUT2D eigenvalue weighted by Gasteiger charge is -2.27. The summed E-state index contributed by atoms with van der Waals surface area (Å²) < 4.78 is 22.3. The molecule has 4 heterocycles. The Balaban J connectivity index is 1.34. The van der Waals surface area contributed by atoms with E-state index in [0.717, 1.165) is 22.3 Å². The van der Waals surface area contributed by atoms with E-state index in [4.69, 9.17) is 4.78 Å². The number of likely N-dealkylation sites (tertiary alicyclic amines) is 1. The molecule has 1 saturated heterocycles. The van der Waals surface area contributed by atoms with Crippen molar-refractivity contribution >= 4 is 60.0 Å². The smallest absolute Gasteiger partial charge is 0.248 e. The number of rotatable bonds is 9. The summed E-state index contributed by atoms with van der Waals surface area (Å²) in [6, 6.07) is 6.44. The number of halogens is 1. The molecule has 2 N–H and O–H groups in total. The molecule has 12 nitrogen and oxygen atoms in total. The summed E-state index contributed by atoms with van der Waals surface area (Å²) in [5.41, 5.74) is 3.75. The highest BCUT2D eigenvalue weighted by molar-refractivity contribution is 9.10. The lowest BCUT2D eigenvalue weighted by molar-refractivity contribution is -0.138. The van der Waals surface area contributed by atoms with Crippen molar-refractivity contribution < 1.29 is 18.6 Å². The molecule has 2 fully saturated rings. The average Bonchev–Trinajstić information content (AvgIpc) is 3.39. The number of hydrogen-bond donors (Lipinski definition) is 2. The van der Waals surface area contributed by atoms with Crippen LogP contribution in [0.2, 0.25) is 0 Å². The number of nitrogens with one attached hydrogen (secondary N) is 2. The Morgan fingerprint density at radius 3 is 2.48 bits per heavy atom. The summed E-state index contributed by atoms with van der Waals surface area (Å²) in [5, 5.41) is 8.14. The van der Waals surface area contributed by atoms with E-state index in [1.165, 1.54) is 13.2 Å².